The molecule has 2 aromatic carbocycles. The van der Waals surface area contributed by atoms with Crippen molar-refractivity contribution < 1.29 is 44.8 Å². The maximum Gasteiger partial charge on any atom is 0.494 e. The first-order valence-electron chi connectivity index (χ1n) is 9.06. The standard InChI is InChI=1S/C19H16BF7O3/c1-2-3-10-8-28-20(29-9-10)11-4-13(21)17(14(22)5-11)19(26,27)30-12-6-15(23)18(25)16(24)7-12/h4-7,10H,2-3,8-9H2,1H3. The van der Waals surface area contributed by atoms with Gasteiger partial charge in [0.05, 0.1) is 0 Å². The van der Waals surface area contributed by atoms with E-state index < -0.39 is 53.6 Å². The van der Waals surface area contributed by atoms with Crippen molar-refractivity contribution in [2.75, 3.05) is 13.2 Å². The minimum absolute atomic E-state index is 0.120. The molecule has 0 bridgehead atoms. The van der Waals surface area contributed by atoms with Crippen LogP contribution < -0.4 is 10.2 Å². The van der Waals surface area contributed by atoms with Crippen LogP contribution in [0.5, 0.6) is 5.75 Å². The first-order chi connectivity index (χ1) is 14.1. The maximum atomic E-state index is 14.4. The molecule has 1 heterocycles. The topological polar surface area (TPSA) is 27.7 Å². The van der Waals surface area contributed by atoms with E-state index in [1.807, 2.05) is 6.92 Å². The first-order valence-corrected chi connectivity index (χ1v) is 9.06. The Kier molecular flexibility index (Phi) is 6.61. The molecule has 1 saturated heterocycles. The van der Waals surface area contributed by atoms with Gasteiger partial charge in [-0.15, -0.1) is 0 Å². The second-order valence-corrected chi connectivity index (χ2v) is 6.83. The maximum absolute atomic E-state index is 14.4. The van der Waals surface area contributed by atoms with E-state index in [1.165, 1.54) is 0 Å². The third-order valence-corrected chi connectivity index (χ3v) is 4.49. The van der Waals surface area contributed by atoms with Gasteiger partial charge in [0.1, 0.15) is 22.9 Å². The van der Waals surface area contributed by atoms with Gasteiger partial charge in [0.15, 0.2) is 17.5 Å². The van der Waals surface area contributed by atoms with Crippen molar-refractivity contribution in [1.29, 1.82) is 0 Å². The van der Waals surface area contributed by atoms with Crippen LogP contribution in [0.15, 0.2) is 24.3 Å². The Morgan fingerprint density at radius 2 is 1.47 bits per heavy atom. The Hall–Kier alpha value is -2.27. The van der Waals surface area contributed by atoms with Gasteiger partial charge in [0.2, 0.25) is 0 Å². The van der Waals surface area contributed by atoms with Crippen molar-refractivity contribution in [3.63, 3.8) is 0 Å². The average molecular weight is 436 g/mol. The Balaban J connectivity index is 1.82. The smallest absolute Gasteiger partial charge is 0.429 e. The second-order valence-electron chi connectivity index (χ2n) is 6.83. The molecule has 0 saturated carbocycles. The zero-order chi connectivity index (χ0) is 22.1. The van der Waals surface area contributed by atoms with Gasteiger partial charge in [-0.2, -0.15) is 8.78 Å². The van der Waals surface area contributed by atoms with Crippen LogP contribution in [0.2, 0.25) is 0 Å². The second kappa shape index (κ2) is 8.85. The van der Waals surface area contributed by atoms with Gasteiger partial charge in [-0.05, 0) is 24.0 Å². The van der Waals surface area contributed by atoms with Crippen LogP contribution in [0, 0.1) is 35.0 Å². The monoisotopic (exact) mass is 436 g/mol. The highest BCUT2D eigenvalue weighted by Gasteiger charge is 2.42. The normalized spacial score (nSPS) is 15.5. The highest BCUT2D eigenvalue weighted by molar-refractivity contribution is 6.61. The van der Waals surface area contributed by atoms with E-state index in [0.717, 1.165) is 12.8 Å². The van der Waals surface area contributed by atoms with Gasteiger partial charge in [0.25, 0.3) is 0 Å². The number of rotatable bonds is 6. The zero-order valence-corrected chi connectivity index (χ0v) is 15.7. The molecule has 30 heavy (non-hydrogen) atoms. The van der Waals surface area contributed by atoms with Crippen molar-refractivity contribution >= 4 is 12.6 Å². The molecule has 1 fully saturated rings. The lowest BCUT2D eigenvalue weighted by atomic mass is 9.76. The van der Waals surface area contributed by atoms with Crippen LogP contribution in [0.4, 0.5) is 30.7 Å². The fraction of sp³-hybridized carbons (Fsp3) is 0.368. The van der Waals surface area contributed by atoms with E-state index in [4.69, 9.17) is 9.31 Å². The summed E-state index contributed by atoms with van der Waals surface area (Å²) in [5, 5.41) is 0. The predicted octanol–water partition coefficient (Wildman–Crippen LogP) is 4.67. The number of hydrogen-bond acceptors (Lipinski definition) is 3. The molecule has 2 aromatic rings. The number of halogens is 7. The van der Waals surface area contributed by atoms with Crippen molar-refractivity contribution in [2.24, 2.45) is 5.92 Å². The Bertz CT molecular complexity index is 871. The highest BCUT2D eigenvalue weighted by atomic mass is 19.3. The van der Waals surface area contributed by atoms with Gasteiger partial charge < -0.3 is 14.0 Å². The van der Waals surface area contributed by atoms with Crippen LogP contribution in [-0.4, -0.2) is 20.3 Å². The zero-order valence-electron chi connectivity index (χ0n) is 15.7. The molecule has 0 N–H and O–H groups in total. The summed E-state index contributed by atoms with van der Waals surface area (Å²) in [5.74, 6) is -9.90. The van der Waals surface area contributed by atoms with Crippen LogP contribution in [0.25, 0.3) is 0 Å². The lowest BCUT2D eigenvalue weighted by Crippen LogP contribution is -2.45. The molecule has 0 amide bonds. The molecule has 0 radical (unpaired) electrons. The Morgan fingerprint density at radius 1 is 0.933 bits per heavy atom. The number of ether oxygens (including phenoxy) is 1. The van der Waals surface area contributed by atoms with Crippen LogP contribution in [-0.2, 0) is 15.4 Å². The van der Waals surface area contributed by atoms with Crippen LogP contribution >= 0.6 is 0 Å². The van der Waals surface area contributed by atoms with Crippen LogP contribution in [0.1, 0.15) is 25.3 Å². The molecule has 11 heteroatoms. The lowest BCUT2D eigenvalue weighted by Gasteiger charge is -2.27. The molecule has 3 nitrogen and oxygen atoms in total. The van der Waals surface area contributed by atoms with E-state index in [0.29, 0.717) is 12.1 Å². The van der Waals surface area contributed by atoms with E-state index >= 15 is 0 Å². The molecule has 0 spiro atoms. The molecular weight excluding hydrogens is 420 g/mol. The largest absolute Gasteiger partial charge is 0.494 e. The average Bonchev–Trinajstić information content (AvgIpc) is 2.65. The summed E-state index contributed by atoms with van der Waals surface area (Å²) < 4.78 is 112. The van der Waals surface area contributed by atoms with Gasteiger partial charge in [-0.3, -0.25) is 0 Å². The Labute approximate surface area is 167 Å². The molecular formula is C19H16BF7O3. The van der Waals surface area contributed by atoms with E-state index in [9.17, 15) is 30.7 Å². The van der Waals surface area contributed by atoms with Crippen molar-refractivity contribution in [2.45, 2.75) is 25.9 Å². The first kappa shape index (κ1) is 22.4. The Morgan fingerprint density at radius 3 is 1.97 bits per heavy atom. The van der Waals surface area contributed by atoms with Gasteiger partial charge in [0, 0.05) is 31.3 Å². The molecule has 1 aliphatic rings. The van der Waals surface area contributed by atoms with Gasteiger partial charge in [-0.1, -0.05) is 13.3 Å². The SMILES string of the molecule is CCCC1COB(c2cc(F)c(C(F)(F)Oc3cc(F)c(F)c(F)c3)c(F)c2)OC1. The summed E-state index contributed by atoms with van der Waals surface area (Å²) in [6, 6.07) is 1.47. The van der Waals surface area contributed by atoms with Crippen molar-refractivity contribution in [3.05, 3.63) is 58.9 Å². The quantitative estimate of drug-likeness (QED) is 0.375. The molecule has 0 unspecified atom stereocenters. The third kappa shape index (κ3) is 4.72. The minimum atomic E-state index is -4.65. The lowest BCUT2D eigenvalue weighted by molar-refractivity contribution is -0.189. The van der Waals surface area contributed by atoms with E-state index in [2.05, 4.69) is 4.74 Å². The van der Waals surface area contributed by atoms with E-state index in [-0.39, 0.29) is 36.7 Å². The van der Waals surface area contributed by atoms with Crippen LogP contribution in [0.3, 0.4) is 0 Å². The number of hydrogen-bond donors (Lipinski definition) is 0. The number of alkyl halides is 2. The predicted molar refractivity (Wildman–Crippen MR) is 92.9 cm³/mol. The van der Waals surface area contributed by atoms with Crippen molar-refractivity contribution in [3.8, 4) is 5.75 Å². The summed E-state index contributed by atoms with van der Waals surface area (Å²) in [7, 11) is -1.13. The molecule has 0 aromatic heterocycles. The van der Waals surface area contributed by atoms with Gasteiger partial charge >= 0.3 is 13.2 Å². The van der Waals surface area contributed by atoms with Gasteiger partial charge in [-0.25, -0.2) is 22.0 Å². The summed E-state index contributed by atoms with van der Waals surface area (Å²) in [4.78, 5) is 0. The molecule has 162 valence electrons. The highest BCUT2D eigenvalue weighted by Crippen LogP contribution is 2.35. The third-order valence-electron chi connectivity index (χ3n) is 4.49. The summed E-state index contributed by atoms with van der Waals surface area (Å²) in [6.45, 7) is 2.54. The van der Waals surface area contributed by atoms with E-state index in [1.54, 1.807) is 0 Å². The molecule has 3 rings (SSSR count). The minimum Gasteiger partial charge on any atom is -0.429 e. The fourth-order valence-electron chi connectivity index (χ4n) is 3.11. The molecule has 0 aliphatic carbocycles. The number of benzene rings is 2. The fourth-order valence-corrected chi connectivity index (χ4v) is 3.11. The summed E-state index contributed by atoms with van der Waals surface area (Å²) >= 11 is 0. The molecule has 0 atom stereocenters. The van der Waals surface area contributed by atoms with Crippen molar-refractivity contribution in [1.82, 2.24) is 0 Å². The summed E-state index contributed by atoms with van der Waals surface area (Å²) in [5.41, 5.74) is -1.94. The molecule has 1 aliphatic heterocycles. The summed E-state index contributed by atoms with van der Waals surface area (Å²) in [6.07, 6.45) is -2.91.